The number of nitrogens with one attached hydrogen (secondary N) is 1. The molecule has 7 nitrogen and oxygen atoms in total. The predicted octanol–water partition coefficient (Wildman–Crippen LogP) is 0.893. The molecule has 0 aliphatic carbocycles. The van der Waals surface area contributed by atoms with E-state index in [1.807, 2.05) is 11.4 Å². The Morgan fingerprint density at radius 1 is 1.24 bits per heavy atom. The van der Waals surface area contributed by atoms with Crippen LogP contribution < -0.4 is 5.32 Å². The van der Waals surface area contributed by atoms with E-state index in [0.29, 0.717) is 30.9 Å². The van der Waals surface area contributed by atoms with Crippen LogP contribution in [0.5, 0.6) is 0 Å². The molecule has 1 unspecified atom stereocenters. The van der Waals surface area contributed by atoms with Crippen molar-refractivity contribution in [3.8, 4) is 0 Å². The highest BCUT2D eigenvalue weighted by molar-refractivity contribution is 7.88. The van der Waals surface area contributed by atoms with E-state index in [2.05, 4.69) is 5.32 Å². The molecule has 9 heteroatoms. The van der Waals surface area contributed by atoms with Crippen LogP contribution >= 0.6 is 11.3 Å². The first-order valence-electron chi connectivity index (χ1n) is 8.46. The zero-order valence-corrected chi connectivity index (χ0v) is 15.8. The summed E-state index contributed by atoms with van der Waals surface area (Å²) in [4.78, 5) is 27.5. The summed E-state index contributed by atoms with van der Waals surface area (Å²) < 4.78 is 24.8. The van der Waals surface area contributed by atoms with Crippen LogP contribution in [0.4, 0.5) is 0 Å². The minimum atomic E-state index is -3.25. The van der Waals surface area contributed by atoms with Gasteiger partial charge in [0.05, 0.1) is 11.1 Å². The van der Waals surface area contributed by atoms with Crippen molar-refractivity contribution in [3.05, 3.63) is 22.4 Å². The number of piperidine rings is 1. The molecule has 2 aliphatic heterocycles. The molecule has 25 heavy (non-hydrogen) atoms. The van der Waals surface area contributed by atoms with E-state index in [1.165, 1.54) is 21.9 Å². The van der Waals surface area contributed by atoms with Gasteiger partial charge in [-0.25, -0.2) is 12.7 Å². The van der Waals surface area contributed by atoms with Crippen LogP contribution in [0.15, 0.2) is 17.5 Å². The van der Waals surface area contributed by atoms with E-state index in [1.54, 1.807) is 11.0 Å². The van der Waals surface area contributed by atoms with E-state index in [0.717, 1.165) is 19.3 Å². The highest BCUT2D eigenvalue weighted by Crippen LogP contribution is 2.23. The molecule has 2 amide bonds. The number of hydrogen-bond donors (Lipinski definition) is 1. The molecule has 2 fully saturated rings. The molecule has 0 saturated carbocycles. The average Bonchev–Trinajstić information content (AvgIpc) is 3.25. The Morgan fingerprint density at radius 3 is 2.68 bits per heavy atom. The minimum Gasteiger partial charge on any atom is -0.350 e. The summed E-state index contributed by atoms with van der Waals surface area (Å²) in [6.07, 6.45) is 4.11. The van der Waals surface area contributed by atoms with Gasteiger partial charge in [0.15, 0.2) is 0 Å². The van der Waals surface area contributed by atoms with Crippen molar-refractivity contribution in [2.75, 3.05) is 25.9 Å². The molecule has 2 atom stereocenters. The van der Waals surface area contributed by atoms with Gasteiger partial charge in [-0.3, -0.25) is 9.59 Å². The first kappa shape index (κ1) is 18.3. The SMILES string of the molecule is CS(=O)(=O)N1CCCC(NC(=O)[C@@H]2CCCN2C(=O)c2cccs2)C1. The van der Waals surface area contributed by atoms with Crippen molar-refractivity contribution in [2.24, 2.45) is 0 Å². The monoisotopic (exact) mass is 385 g/mol. The van der Waals surface area contributed by atoms with Crippen LogP contribution in [-0.2, 0) is 14.8 Å². The van der Waals surface area contributed by atoms with Crippen LogP contribution in [0.1, 0.15) is 35.4 Å². The fraction of sp³-hybridized carbons (Fsp3) is 0.625. The lowest BCUT2D eigenvalue weighted by Gasteiger charge is -2.33. The third-order valence-electron chi connectivity index (χ3n) is 4.75. The molecule has 2 saturated heterocycles. The Labute approximate surface area is 152 Å². The Balaban J connectivity index is 1.63. The second-order valence-electron chi connectivity index (χ2n) is 6.60. The van der Waals surface area contributed by atoms with Crippen LogP contribution in [0.3, 0.4) is 0 Å². The van der Waals surface area contributed by atoms with Crippen LogP contribution in [0.25, 0.3) is 0 Å². The highest BCUT2D eigenvalue weighted by atomic mass is 32.2. The van der Waals surface area contributed by atoms with Crippen molar-refractivity contribution >= 4 is 33.2 Å². The lowest BCUT2D eigenvalue weighted by molar-refractivity contribution is -0.125. The van der Waals surface area contributed by atoms with E-state index < -0.39 is 16.1 Å². The van der Waals surface area contributed by atoms with E-state index in [4.69, 9.17) is 0 Å². The van der Waals surface area contributed by atoms with Gasteiger partial charge in [0, 0.05) is 25.7 Å². The second kappa shape index (κ2) is 7.43. The number of carbonyl (C=O) groups excluding carboxylic acids is 2. The summed E-state index contributed by atoms with van der Waals surface area (Å²) in [5, 5.41) is 4.80. The molecule has 1 aromatic rings. The smallest absolute Gasteiger partial charge is 0.264 e. The zero-order chi connectivity index (χ0) is 18.0. The first-order chi connectivity index (χ1) is 11.9. The molecular formula is C16H23N3O4S2. The number of thiophene rings is 1. The Morgan fingerprint density at radius 2 is 2.00 bits per heavy atom. The molecule has 0 spiro atoms. The maximum absolute atomic E-state index is 12.7. The Bertz CT molecular complexity index is 733. The maximum Gasteiger partial charge on any atom is 0.264 e. The molecule has 3 rings (SSSR count). The maximum atomic E-state index is 12.7. The number of nitrogens with zero attached hydrogens (tertiary/aromatic N) is 2. The summed E-state index contributed by atoms with van der Waals surface area (Å²) in [5.74, 6) is -0.281. The first-order valence-corrected chi connectivity index (χ1v) is 11.2. The van der Waals surface area contributed by atoms with Gasteiger partial charge in [-0.1, -0.05) is 6.07 Å². The number of sulfonamides is 1. The van der Waals surface area contributed by atoms with Crippen molar-refractivity contribution in [3.63, 3.8) is 0 Å². The van der Waals surface area contributed by atoms with Gasteiger partial charge in [-0.05, 0) is 37.1 Å². The second-order valence-corrected chi connectivity index (χ2v) is 9.53. The molecule has 1 N–H and O–H groups in total. The predicted molar refractivity (Wildman–Crippen MR) is 96.0 cm³/mol. The summed E-state index contributed by atoms with van der Waals surface area (Å²) in [6, 6.07) is 2.93. The summed E-state index contributed by atoms with van der Waals surface area (Å²) in [7, 11) is -3.25. The number of rotatable bonds is 4. The van der Waals surface area contributed by atoms with E-state index >= 15 is 0 Å². The van der Waals surface area contributed by atoms with Crippen molar-refractivity contribution in [1.82, 2.24) is 14.5 Å². The van der Waals surface area contributed by atoms with Gasteiger partial charge < -0.3 is 10.2 Å². The van der Waals surface area contributed by atoms with E-state index in [9.17, 15) is 18.0 Å². The van der Waals surface area contributed by atoms with Gasteiger partial charge in [0.25, 0.3) is 5.91 Å². The fourth-order valence-corrected chi connectivity index (χ4v) is 5.07. The van der Waals surface area contributed by atoms with Gasteiger partial charge in [0.2, 0.25) is 15.9 Å². The average molecular weight is 386 g/mol. The number of amides is 2. The third-order valence-corrected chi connectivity index (χ3v) is 6.88. The van der Waals surface area contributed by atoms with Crippen LogP contribution in [0.2, 0.25) is 0 Å². The Hall–Kier alpha value is -1.45. The van der Waals surface area contributed by atoms with Gasteiger partial charge in [0.1, 0.15) is 6.04 Å². The van der Waals surface area contributed by atoms with Crippen LogP contribution in [0, 0.1) is 0 Å². The number of hydrogen-bond acceptors (Lipinski definition) is 5. The molecule has 138 valence electrons. The van der Waals surface area contributed by atoms with Crippen molar-refractivity contribution < 1.29 is 18.0 Å². The van der Waals surface area contributed by atoms with E-state index in [-0.39, 0.29) is 17.9 Å². The quantitative estimate of drug-likeness (QED) is 0.834. The molecule has 0 aromatic carbocycles. The normalized spacial score (nSPS) is 25.1. The summed E-state index contributed by atoms with van der Waals surface area (Å²) in [6.45, 7) is 1.38. The highest BCUT2D eigenvalue weighted by Gasteiger charge is 2.36. The number of carbonyl (C=O) groups is 2. The Kier molecular flexibility index (Phi) is 5.45. The van der Waals surface area contributed by atoms with Crippen LogP contribution in [-0.4, -0.2) is 67.4 Å². The van der Waals surface area contributed by atoms with Crippen molar-refractivity contribution in [1.29, 1.82) is 0 Å². The van der Waals surface area contributed by atoms with Crippen molar-refractivity contribution in [2.45, 2.75) is 37.8 Å². The minimum absolute atomic E-state index is 0.103. The van der Waals surface area contributed by atoms with Gasteiger partial charge >= 0.3 is 0 Å². The topological polar surface area (TPSA) is 86.8 Å². The largest absolute Gasteiger partial charge is 0.350 e. The fourth-order valence-electron chi connectivity index (χ4n) is 3.48. The molecule has 2 aliphatic rings. The standard InChI is InChI=1S/C16H23N3O4S2/c1-25(22,23)18-8-2-5-12(11-18)17-15(20)13-6-3-9-19(13)16(21)14-7-4-10-24-14/h4,7,10,12-13H,2-3,5-6,8-9,11H2,1H3,(H,17,20)/t12?,13-/m0/s1. The molecular weight excluding hydrogens is 362 g/mol. The summed E-state index contributed by atoms with van der Waals surface area (Å²) in [5.41, 5.74) is 0. The van der Waals surface area contributed by atoms with Gasteiger partial charge in [-0.15, -0.1) is 11.3 Å². The molecule has 1 aromatic heterocycles. The van der Waals surface area contributed by atoms with Gasteiger partial charge in [-0.2, -0.15) is 0 Å². The number of likely N-dealkylation sites (tertiary alicyclic amines) is 1. The summed E-state index contributed by atoms with van der Waals surface area (Å²) >= 11 is 1.37. The lowest BCUT2D eigenvalue weighted by atomic mass is 10.1. The lowest BCUT2D eigenvalue weighted by Crippen LogP contribution is -2.53. The zero-order valence-electron chi connectivity index (χ0n) is 14.2. The molecule has 0 radical (unpaired) electrons. The molecule has 0 bridgehead atoms. The molecule has 3 heterocycles. The third kappa shape index (κ3) is 4.21.